The van der Waals surface area contributed by atoms with Crippen molar-refractivity contribution in [2.75, 3.05) is 11.5 Å². The lowest BCUT2D eigenvalue weighted by Gasteiger charge is -2.15. The van der Waals surface area contributed by atoms with E-state index in [4.69, 9.17) is 4.98 Å². The van der Waals surface area contributed by atoms with Crippen molar-refractivity contribution in [2.45, 2.75) is 18.9 Å². The van der Waals surface area contributed by atoms with Crippen LogP contribution in [0.4, 0.5) is 0 Å². The average molecular weight is 311 g/mol. The number of imidazole rings is 1. The molecule has 1 saturated heterocycles. The van der Waals surface area contributed by atoms with Gasteiger partial charge in [0, 0.05) is 24.4 Å². The van der Waals surface area contributed by atoms with Gasteiger partial charge in [-0.1, -0.05) is 12.1 Å². The van der Waals surface area contributed by atoms with Crippen LogP contribution in [0.5, 0.6) is 5.75 Å². The number of pyridine rings is 1. The molecular formula is C17H17N3OS. The zero-order chi connectivity index (χ0) is 14.9. The minimum Gasteiger partial charge on any atom is -0.508 e. The number of phenolic OH excluding ortho intramolecular Hbond substituents is 1. The zero-order valence-corrected chi connectivity index (χ0v) is 13.0. The molecule has 4 nitrogen and oxygen atoms in total. The van der Waals surface area contributed by atoms with Gasteiger partial charge in [0.2, 0.25) is 0 Å². The van der Waals surface area contributed by atoms with E-state index in [1.807, 2.05) is 42.2 Å². The number of aromatic hydroxyl groups is 1. The molecule has 0 radical (unpaired) electrons. The molecule has 1 N–H and O–H groups in total. The van der Waals surface area contributed by atoms with Crippen molar-refractivity contribution in [1.29, 1.82) is 0 Å². The summed E-state index contributed by atoms with van der Waals surface area (Å²) in [6, 6.07) is 11.8. The van der Waals surface area contributed by atoms with Crippen molar-refractivity contribution in [3.05, 3.63) is 54.0 Å². The summed E-state index contributed by atoms with van der Waals surface area (Å²) in [6.45, 7) is 0. The standard InChI is InChI=1S/C17H17N3OS/c21-14-5-3-12(4-6-14)10-16-19-15-2-1-8-18-17(15)20(16)13-7-9-22-11-13/h1-6,8,13,21H,7,9-11H2. The maximum Gasteiger partial charge on any atom is 0.160 e. The van der Waals surface area contributed by atoms with Gasteiger partial charge in [-0.25, -0.2) is 9.97 Å². The first-order chi connectivity index (χ1) is 10.8. The number of thioether (sulfide) groups is 1. The van der Waals surface area contributed by atoms with Crippen molar-refractivity contribution < 1.29 is 5.11 Å². The summed E-state index contributed by atoms with van der Waals surface area (Å²) in [6.07, 6.45) is 3.78. The molecule has 1 unspecified atom stereocenters. The van der Waals surface area contributed by atoms with E-state index >= 15 is 0 Å². The number of rotatable bonds is 3. The fraction of sp³-hybridized carbons (Fsp3) is 0.294. The van der Waals surface area contributed by atoms with Gasteiger partial charge < -0.3 is 9.67 Å². The highest BCUT2D eigenvalue weighted by molar-refractivity contribution is 7.99. The lowest BCUT2D eigenvalue weighted by atomic mass is 10.1. The second kappa shape index (κ2) is 5.65. The summed E-state index contributed by atoms with van der Waals surface area (Å²) < 4.78 is 2.32. The Kier molecular flexibility index (Phi) is 3.50. The van der Waals surface area contributed by atoms with Crippen LogP contribution in [-0.4, -0.2) is 31.1 Å². The molecule has 5 heteroatoms. The SMILES string of the molecule is Oc1ccc(Cc2nc3cccnc3n2C2CCSC2)cc1. The summed E-state index contributed by atoms with van der Waals surface area (Å²) in [5, 5.41) is 9.43. The Bertz CT molecular complexity index is 791. The summed E-state index contributed by atoms with van der Waals surface area (Å²) >= 11 is 2.00. The Hall–Kier alpha value is -2.01. The molecule has 0 saturated carbocycles. The van der Waals surface area contributed by atoms with E-state index in [1.54, 1.807) is 12.1 Å². The van der Waals surface area contributed by atoms with Gasteiger partial charge in [0.05, 0.1) is 0 Å². The van der Waals surface area contributed by atoms with Crippen LogP contribution < -0.4 is 0 Å². The van der Waals surface area contributed by atoms with Crippen LogP contribution in [0.3, 0.4) is 0 Å². The predicted molar refractivity (Wildman–Crippen MR) is 89.4 cm³/mol. The third kappa shape index (κ3) is 2.46. The first-order valence-electron chi connectivity index (χ1n) is 7.49. The van der Waals surface area contributed by atoms with E-state index in [1.165, 1.54) is 12.2 Å². The average Bonchev–Trinajstić information content (AvgIpc) is 3.16. The monoisotopic (exact) mass is 311 g/mol. The number of aromatic nitrogens is 3. The van der Waals surface area contributed by atoms with Crippen LogP contribution in [0.2, 0.25) is 0 Å². The van der Waals surface area contributed by atoms with Gasteiger partial charge >= 0.3 is 0 Å². The van der Waals surface area contributed by atoms with E-state index in [0.29, 0.717) is 11.8 Å². The van der Waals surface area contributed by atoms with Gasteiger partial charge in [-0.15, -0.1) is 0 Å². The molecule has 4 rings (SSSR count). The van der Waals surface area contributed by atoms with Crippen LogP contribution in [0.25, 0.3) is 11.2 Å². The molecular weight excluding hydrogens is 294 g/mol. The minimum atomic E-state index is 0.297. The Balaban J connectivity index is 1.78. The molecule has 0 aliphatic carbocycles. The van der Waals surface area contributed by atoms with Crippen molar-refractivity contribution in [1.82, 2.24) is 14.5 Å². The minimum absolute atomic E-state index is 0.297. The Labute approximate surface area is 133 Å². The molecule has 1 aliphatic heterocycles. The number of nitrogens with zero attached hydrogens (tertiary/aromatic N) is 3. The summed E-state index contributed by atoms with van der Waals surface area (Å²) in [5.74, 6) is 3.69. The third-order valence-corrected chi connectivity index (χ3v) is 5.24. The number of phenols is 1. The van der Waals surface area contributed by atoms with Gasteiger partial charge in [0.25, 0.3) is 0 Å². The molecule has 0 bridgehead atoms. The Morgan fingerprint density at radius 2 is 2.09 bits per heavy atom. The fourth-order valence-electron chi connectivity index (χ4n) is 3.01. The Morgan fingerprint density at radius 3 is 2.86 bits per heavy atom. The summed E-state index contributed by atoms with van der Waals surface area (Å²) in [5.41, 5.74) is 3.11. The molecule has 1 atom stereocenters. The molecule has 3 heterocycles. The molecule has 1 aliphatic rings. The number of hydrogen-bond acceptors (Lipinski definition) is 4. The van der Waals surface area contributed by atoms with Crippen molar-refractivity contribution >= 4 is 22.9 Å². The third-order valence-electron chi connectivity index (χ3n) is 4.09. The van der Waals surface area contributed by atoms with Gasteiger partial charge in [0.1, 0.15) is 17.1 Å². The van der Waals surface area contributed by atoms with E-state index in [2.05, 4.69) is 9.55 Å². The van der Waals surface area contributed by atoms with Gasteiger partial charge in [0.15, 0.2) is 5.65 Å². The molecule has 2 aromatic heterocycles. The summed E-state index contributed by atoms with van der Waals surface area (Å²) in [4.78, 5) is 9.36. The maximum atomic E-state index is 9.43. The first kappa shape index (κ1) is 13.6. The first-order valence-corrected chi connectivity index (χ1v) is 8.64. The quantitative estimate of drug-likeness (QED) is 0.805. The van der Waals surface area contributed by atoms with Crippen LogP contribution >= 0.6 is 11.8 Å². The van der Waals surface area contributed by atoms with E-state index < -0.39 is 0 Å². The number of benzene rings is 1. The second-order valence-electron chi connectivity index (χ2n) is 5.60. The molecule has 3 aromatic rings. The molecule has 22 heavy (non-hydrogen) atoms. The molecule has 0 spiro atoms. The van der Waals surface area contributed by atoms with E-state index in [9.17, 15) is 5.11 Å². The number of hydrogen-bond donors (Lipinski definition) is 1. The highest BCUT2D eigenvalue weighted by Gasteiger charge is 2.23. The fourth-order valence-corrected chi connectivity index (χ4v) is 4.20. The number of fused-ring (bicyclic) bond motifs is 1. The van der Waals surface area contributed by atoms with Crippen LogP contribution in [0.1, 0.15) is 23.9 Å². The molecule has 112 valence electrons. The Morgan fingerprint density at radius 1 is 1.23 bits per heavy atom. The van der Waals surface area contributed by atoms with Crippen molar-refractivity contribution in [3.8, 4) is 5.75 Å². The largest absolute Gasteiger partial charge is 0.508 e. The zero-order valence-electron chi connectivity index (χ0n) is 12.1. The topological polar surface area (TPSA) is 50.9 Å². The molecule has 1 aromatic carbocycles. The molecule has 1 fully saturated rings. The van der Waals surface area contributed by atoms with E-state index in [-0.39, 0.29) is 0 Å². The normalized spacial score (nSPS) is 18.1. The van der Waals surface area contributed by atoms with Gasteiger partial charge in [-0.3, -0.25) is 0 Å². The smallest absolute Gasteiger partial charge is 0.160 e. The van der Waals surface area contributed by atoms with Gasteiger partial charge in [-0.05, 0) is 42.0 Å². The highest BCUT2D eigenvalue weighted by Crippen LogP contribution is 2.32. The highest BCUT2D eigenvalue weighted by atomic mass is 32.2. The second-order valence-corrected chi connectivity index (χ2v) is 6.75. The van der Waals surface area contributed by atoms with Crippen LogP contribution in [0.15, 0.2) is 42.6 Å². The lowest BCUT2D eigenvalue weighted by molar-refractivity contribution is 0.475. The van der Waals surface area contributed by atoms with Crippen molar-refractivity contribution in [2.24, 2.45) is 0 Å². The molecule has 0 amide bonds. The van der Waals surface area contributed by atoms with Crippen LogP contribution in [0, 0.1) is 0 Å². The van der Waals surface area contributed by atoms with Crippen molar-refractivity contribution in [3.63, 3.8) is 0 Å². The maximum absolute atomic E-state index is 9.43. The predicted octanol–water partition coefficient (Wildman–Crippen LogP) is 3.41. The van der Waals surface area contributed by atoms with Gasteiger partial charge in [-0.2, -0.15) is 11.8 Å². The van der Waals surface area contributed by atoms with E-state index in [0.717, 1.165) is 34.7 Å². The van der Waals surface area contributed by atoms with Crippen LogP contribution in [-0.2, 0) is 6.42 Å². The lowest BCUT2D eigenvalue weighted by Crippen LogP contribution is -2.12. The summed E-state index contributed by atoms with van der Waals surface area (Å²) in [7, 11) is 0.